The standard InChI is InChI=1S/C21H18N2O3S/c1-26-15-11-22(12-15)20(24)17-9-16(13-5-3-2-4-6-13)21(25)23-10-14-7-8-27-19(14)18(17)23/h2-9,15H,10-12H2,1H3. The van der Waals surface area contributed by atoms with Crippen LogP contribution in [0.4, 0.5) is 0 Å². The van der Waals surface area contributed by atoms with Gasteiger partial charge in [0.1, 0.15) is 0 Å². The lowest BCUT2D eigenvalue weighted by Gasteiger charge is -2.38. The number of fused-ring (bicyclic) bond motifs is 3. The molecule has 136 valence electrons. The van der Waals surface area contributed by atoms with Gasteiger partial charge in [-0.25, -0.2) is 0 Å². The van der Waals surface area contributed by atoms with E-state index < -0.39 is 0 Å². The number of thiophene rings is 1. The first kappa shape index (κ1) is 16.5. The quantitative estimate of drug-likeness (QED) is 0.551. The molecular weight excluding hydrogens is 360 g/mol. The number of nitrogens with zero attached hydrogens (tertiary/aromatic N) is 2. The molecule has 2 aliphatic heterocycles. The number of pyridine rings is 1. The third-order valence-corrected chi connectivity index (χ3v) is 6.33. The lowest BCUT2D eigenvalue weighted by molar-refractivity contribution is -0.0191. The third kappa shape index (κ3) is 2.48. The van der Waals surface area contributed by atoms with Gasteiger partial charge in [0, 0.05) is 25.8 Å². The van der Waals surface area contributed by atoms with Crippen LogP contribution in [-0.4, -0.2) is 41.7 Å². The van der Waals surface area contributed by atoms with Crippen molar-refractivity contribution in [1.82, 2.24) is 9.47 Å². The van der Waals surface area contributed by atoms with Gasteiger partial charge in [0.2, 0.25) is 0 Å². The van der Waals surface area contributed by atoms with Crippen LogP contribution < -0.4 is 5.56 Å². The van der Waals surface area contributed by atoms with Gasteiger partial charge in [-0.15, -0.1) is 11.3 Å². The first-order valence-corrected chi connectivity index (χ1v) is 9.77. The van der Waals surface area contributed by atoms with Crippen LogP contribution in [0, 0.1) is 0 Å². The highest BCUT2D eigenvalue weighted by Crippen LogP contribution is 2.39. The predicted octanol–water partition coefficient (Wildman–Crippen LogP) is 3.08. The molecule has 0 saturated carbocycles. The van der Waals surface area contributed by atoms with E-state index in [0.717, 1.165) is 21.7 Å². The van der Waals surface area contributed by atoms with E-state index in [2.05, 4.69) is 0 Å². The minimum atomic E-state index is -0.0467. The smallest absolute Gasteiger partial charge is 0.259 e. The fraction of sp³-hybridized carbons (Fsp3) is 0.238. The molecule has 5 rings (SSSR count). The average Bonchev–Trinajstić information content (AvgIpc) is 3.24. The molecule has 1 fully saturated rings. The second-order valence-electron chi connectivity index (χ2n) is 6.92. The zero-order chi connectivity index (χ0) is 18.5. The number of rotatable bonds is 3. The molecule has 6 heteroatoms. The van der Waals surface area contributed by atoms with Crippen molar-refractivity contribution in [3.8, 4) is 21.7 Å². The molecule has 0 atom stereocenters. The van der Waals surface area contributed by atoms with Crippen LogP contribution in [0.25, 0.3) is 21.7 Å². The summed E-state index contributed by atoms with van der Waals surface area (Å²) in [4.78, 5) is 29.2. The van der Waals surface area contributed by atoms with Gasteiger partial charge in [-0.05, 0) is 28.6 Å². The Morgan fingerprint density at radius 3 is 2.70 bits per heavy atom. The molecular formula is C21H18N2O3S. The van der Waals surface area contributed by atoms with Gasteiger partial charge < -0.3 is 14.2 Å². The molecule has 0 spiro atoms. The molecule has 2 aliphatic rings. The Morgan fingerprint density at radius 2 is 1.96 bits per heavy atom. The van der Waals surface area contributed by atoms with E-state index in [1.54, 1.807) is 34.0 Å². The zero-order valence-electron chi connectivity index (χ0n) is 14.8. The normalized spacial score (nSPS) is 15.4. The monoisotopic (exact) mass is 378 g/mol. The summed E-state index contributed by atoms with van der Waals surface area (Å²) in [7, 11) is 1.66. The summed E-state index contributed by atoms with van der Waals surface area (Å²) >= 11 is 1.58. The van der Waals surface area contributed by atoms with Gasteiger partial charge in [-0.1, -0.05) is 30.3 Å². The predicted molar refractivity (Wildman–Crippen MR) is 105 cm³/mol. The minimum absolute atomic E-state index is 0.0366. The van der Waals surface area contributed by atoms with E-state index in [4.69, 9.17) is 4.74 Å². The van der Waals surface area contributed by atoms with Crippen molar-refractivity contribution in [3.63, 3.8) is 0 Å². The number of methoxy groups -OCH3 is 1. The number of ether oxygens (including phenoxy) is 1. The highest BCUT2D eigenvalue weighted by Gasteiger charge is 2.35. The molecule has 1 amide bonds. The molecule has 0 bridgehead atoms. The lowest BCUT2D eigenvalue weighted by Crippen LogP contribution is -2.54. The van der Waals surface area contributed by atoms with Crippen LogP contribution in [0.15, 0.2) is 52.6 Å². The molecule has 3 aromatic rings. The second kappa shape index (κ2) is 6.18. The summed E-state index contributed by atoms with van der Waals surface area (Å²) in [5.74, 6) is -0.0366. The maximum absolute atomic E-state index is 13.2. The molecule has 4 heterocycles. The average molecular weight is 378 g/mol. The highest BCUT2D eigenvalue weighted by atomic mass is 32.1. The summed E-state index contributed by atoms with van der Waals surface area (Å²) in [5.41, 5.74) is 3.83. The summed E-state index contributed by atoms with van der Waals surface area (Å²) < 4.78 is 7.06. The van der Waals surface area contributed by atoms with Crippen LogP contribution in [-0.2, 0) is 11.3 Å². The second-order valence-corrected chi connectivity index (χ2v) is 7.84. The Kier molecular flexibility index (Phi) is 3.77. The van der Waals surface area contributed by atoms with Gasteiger partial charge in [0.25, 0.3) is 11.5 Å². The SMILES string of the molecule is COC1CN(C(=O)c2cc(-c3ccccc3)c(=O)n3c2-c2sccc2C3)C1. The molecule has 1 saturated heterocycles. The van der Waals surface area contributed by atoms with E-state index in [1.165, 1.54) is 0 Å². The summed E-state index contributed by atoms with van der Waals surface area (Å²) in [6, 6.07) is 13.4. The lowest BCUT2D eigenvalue weighted by atomic mass is 10.0. The Balaban J connectivity index is 1.69. The number of amides is 1. The van der Waals surface area contributed by atoms with Crippen molar-refractivity contribution < 1.29 is 9.53 Å². The first-order chi connectivity index (χ1) is 13.2. The van der Waals surface area contributed by atoms with Gasteiger partial charge in [0.05, 0.1) is 28.8 Å². The van der Waals surface area contributed by atoms with E-state index >= 15 is 0 Å². The van der Waals surface area contributed by atoms with Gasteiger partial charge in [-0.2, -0.15) is 0 Å². The van der Waals surface area contributed by atoms with Crippen molar-refractivity contribution in [2.75, 3.05) is 20.2 Å². The summed E-state index contributed by atoms with van der Waals surface area (Å²) in [6.07, 6.45) is 0.0966. The van der Waals surface area contributed by atoms with E-state index in [1.807, 2.05) is 41.8 Å². The number of aromatic nitrogens is 1. The zero-order valence-corrected chi connectivity index (χ0v) is 15.7. The van der Waals surface area contributed by atoms with E-state index in [-0.39, 0.29) is 17.6 Å². The molecule has 5 nitrogen and oxygen atoms in total. The minimum Gasteiger partial charge on any atom is -0.378 e. The largest absolute Gasteiger partial charge is 0.378 e. The fourth-order valence-corrected chi connectivity index (χ4v) is 4.80. The number of hydrogen-bond donors (Lipinski definition) is 0. The molecule has 1 aromatic carbocycles. The molecule has 2 aromatic heterocycles. The van der Waals surface area contributed by atoms with Crippen molar-refractivity contribution in [2.45, 2.75) is 12.6 Å². The van der Waals surface area contributed by atoms with Crippen LogP contribution in [0.5, 0.6) is 0 Å². The number of carbonyl (C=O) groups is 1. The number of carbonyl (C=O) groups excluding carboxylic acids is 1. The van der Waals surface area contributed by atoms with Gasteiger partial charge in [-0.3, -0.25) is 9.59 Å². The van der Waals surface area contributed by atoms with Crippen LogP contribution in [0.2, 0.25) is 0 Å². The van der Waals surface area contributed by atoms with Crippen molar-refractivity contribution in [3.05, 3.63) is 69.3 Å². The Hall–Kier alpha value is -2.70. The fourth-order valence-electron chi connectivity index (χ4n) is 3.81. The van der Waals surface area contributed by atoms with E-state index in [0.29, 0.717) is 30.8 Å². The molecule has 0 N–H and O–H groups in total. The Morgan fingerprint density at radius 1 is 1.19 bits per heavy atom. The molecule has 0 aliphatic carbocycles. The van der Waals surface area contributed by atoms with Crippen molar-refractivity contribution >= 4 is 17.2 Å². The maximum atomic E-state index is 13.2. The van der Waals surface area contributed by atoms with Gasteiger partial charge in [0.15, 0.2) is 0 Å². The van der Waals surface area contributed by atoms with Crippen molar-refractivity contribution in [1.29, 1.82) is 0 Å². The third-order valence-electron chi connectivity index (χ3n) is 5.36. The Bertz CT molecular complexity index is 1090. The number of hydrogen-bond acceptors (Lipinski definition) is 4. The highest BCUT2D eigenvalue weighted by molar-refractivity contribution is 7.13. The topological polar surface area (TPSA) is 51.5 Å². The molecule has 27 heavy (non-hydrogen) atoms. The first-order valence-electron chi connectivity index (χ1n) is 8.89. The summed E-state index contributed by atoms with van der Waals surface area (Å²) in [5, 5.41) is 2.02. The number of likely N-dealkylation sites (tertiary alicyclic amines) is 1. The van der Waals surface area contributed by atoms with Crippen LogP contribution >= 0.6 is 11.3 Å². The van der Waals surface area contributed by atoms with Gasteiger partial charge >= 0.3 is 0 Å². The summed E-state index contributed by atoms with van der Waals surface area (Å²) in [6.45, 7) is 1.70. The van der Waals surface area contributed by atoms with Crippen LogP contribution in [0.3, 0.4) is 0 Å². The molecule has 0 radical (unpaired) electrons. The molecule has 0 unspecified atom stereocenters. The maximum Gasteiger partial charge on any atom is 0.259 e. The van der Waals surface area contributed by atoms with Crippen LogP contribution in [0.1, 0.15) is 15.9 Å². The number of benzene rings is 1. The van der Waals surface area contributed by atoms with Crippen molar-refractivity contribution in [2.24, 2.45) is 0 Å². The van der Waals surface area contributed by atoms with E-state index in [9.17, 15) is 9.59 Å². The Labute approximate surface area is 160 Å².